The van der Waals surface area contributed by atoms with Crippen molar-refractivity contribution in [3.05, 3.63) is 117 Å². The smallest absolute Gasteiger partial charge is 0.280 e. The quantitative estimate of drug-likeness (QED) is 0.322. The van der Waals surface area contributed by atoms with Crippen LogP contribution in [0.4, 0.5) is 13.2 Å². The van der Waals surface area contributed by atoms with E-state index in [0.29, 0.717) is 24.2 Å². The van der Waals surface area contributed by atoms with Gasteiger partial charge < -0.3 is 5.11 Å². The molecule has 0 bridgehead atoms. The molecule has 39 heavy (non-hydrogen) atoms. The lowest BCUT2D eigenvalue weighted by Crippen LogP contribution is -2.28. The third kappa shape index (κ3) is 4.47. The highest BCUT2D eigenvalue weighted by atomic mass is 19.1. The van der Waals surface area contributed by atoms with E-state index in [1.165, 1.54) is 29.0 Å². The second-order valence-electron chi connectivity index (χ2n) is 9.44. The Labute approximate surface area is 220 Å². The number of aromatic nitrogens is 5. The number of hydrogen-bond donors (Lipinski definition) is 1. The van der Waals surface area contributed by atoms with Crippen LogP contribution in [0, 0.1) is 17.6 Å². The molecule has 196 valence electrons. The Balaban J connectivity index is 1.44. The Morgan fingerprint density at radius 1 is 1.00 bits per heavy atom. The fraction of sp³-hybridized carbons (Fsp3) is 0.172. The van der Waals surface area contributed by atoms with E-state index in [0.717, 1.165) is 28.3 Å². The summed E-state index contributed by atoms with van der Waals surface area (Å²) < 4.78 is 44.7. The highest BCUT2D eigenvalue weighted by Crippen LogP contribution is 2.39. The maximum Gasteiger partial charge on any atom is 0.280 e. The molecule has 3 aromatic heterocycles. The Morgan fingerprint density at radius 2 is 1.72 bits per heavy atom. The van der Waals surface area contributed by atoms with Gasteiger partial charge in [-0.1, -0.05) is 24.3 Å². The van der Waals surface area contributed by atoms with Crippen LogP contribution in [0.25, 0.3) is 22.6 Å². The zero-order valence-electron chi connectivity index (χ0n) is 20.8. The van der Waals surface area contributed by atoms with Crippen molar-refractivity contribution < 1.29 is 18.3 Å². The van der Waals surface area contributed by atoms with Gasteiger partial charge in [0.1, 0.15) is 17.3 Å². The van der Waals surface area contributed by atoms with E-state index >= 15 is 0 Å². The molecule has 7 nitrogen and oxygen atoms in total. The minimum Gasteiger partial charge on any atom is -0.494 e. The summed E-state index contributed by atoms with van der Waals surface area (Å²) in [5, 5.41) is 16.0. The van der Waals surface area contributed by atoms with E-state index < -0.39 is 29.2 Å². The molecular weight excluding hydrogens is 507 g/mol. The molecule has 0 aliphatic carbocycles. The second kappa shape index (κ2) is 9.54. The van der Waals surface area contributed by atoms with Gasteiger partial charge in [-0.25, -0.2) is 13.8 Å². The number of benzene rings is 2. The zero-order chi connectivity index (χ0) is 27.3. The summed E-state index contributed by atoms with van der Waals surface area (Å²) in [6.07, 6.45) is 3.61. The van der Waals surface area contributed by atoms with Gasteiger partial charge >= 0.3 is 0 Å². The maximum absolute atomic E-state index is 14.2. The lowest BCUT2D eigenvalue weighted by molar-refractivity contribution is 0.380. The van der Waals surface area contributed by atoms with Crippen LogP contribution in [0.1, 0.15) is 35.2 Å². The summed E-state index contributed by atoms with van der Waals surface area (Å²) in [4.78, 5) is 21.2. The van der Waals surface area contributed by atoms with Crippen molar-refractivity contribution in [3.8, 4) is 28.5 Å². The van der Waals surface area contributed by atoms with Crippen molar-refractivity contribution in [1.82, 2.24) is 24.3 Å². The Morgan fingerprint density at radius 3 is 2.38 bits per heavy atom. The number of halogens is 3. The summed E-state index contributed by atoms with van der Waals surface area (Å²) >= 11 is 0. The summed E-state index contributed by atoms with van der Waals surface area (Å²) in [6, 6.07) is 12.6. The molecule has 0 fully saturated rings. The third-order valence-electron chi connectivity index (χ3n) is 6.96. The van der Waals surface area contributed by atoms with Gasteiger partial charge in [0.15, 0.2) is 5.82 Å². The first kappa shape index (κ1) is 24.6. The van der Waals surface area contributed by atoms with Crippen LogP contribution in [-0.4, -0.2) is 29.4 Å². The average Bonchev–Trinajstić information content (AvgIpc) is 3.34. The molecule has 0 radical (unpaired) electrons. The summed E-state index contributed by atoms with van der Waals surface area (Å²) in [5.74, 6) is -2.25. The van der Waals surface area contributed by atoms with Crippen molar-refractivity contribution in [3.63, 3.8) is 0 Å². The van der Waals surface area contributed by atoms with E-state index in [1.54, 1.807) is 22.9 Å². The van der Waals surface area contributed by atoms with Crippen molar-refractivity contribution in [2.24, 2.45) is 0 Å². The standard InChI is InChI=1S/C29H22F3N5O2/c1-2-36-15-20-12-24(19-10-21(30)13-22(31)11-19)37-27(26(20)35-36)34-28(38)23(29(37)39)9-16-3-5-17(6-4-16)18-7-8-25(32)33-14-18/h3-8,10-11,13-15,24,39H,2,9,12H2,1H3/t24-/m0/s1. The number of aromatic hydroxyl groups is 1. The van der Waals surface area contributed by atoms with E-state index in [4.69, 9.17) is 0 Å². The van der Waals surface area contributed by atoms with Crippen molar-refractivity contribution in [1.29, 1.82) is 0 Å². The zero-order valence-corrected chi connectivity index (χ0v) is 20.8. The predicted octanol–water partition coefficient (Wildman–Crippen LogP) is 5.05. The van der Waals surface area contributed by atoms with Crippen LogP contribution in [0.2, 0.25) is 0 Å². The Hall–Kier alpha value is -4.73. The lowest BCUT2D eigenvalue weighted by atomic mass is 9.94. The fourth-order valence-corrected chi connectivity index (χ4v) is 5.04. The molecule has 5 aromatic rings. The van der Waals surface area contributed by atoms with Crippen molar-refractivity contribution >= 4 is 0 Å². The topological polar surface area (TPSA) is 85.8 Å². The van der Waals surface area contributed by atoms with Gasteiger partial charge in [-0.15, -0.1) is 0 Å². The average molecular weight is 530 g/mol. The molecule has 10 heteroatoms. The van der Waals surface area contributed by atoms with E-state index in [-0.39, 0.29) is 23.7 Å². The van der Waals surface area contributed by atoms with E-state index in [9.17, 15) is 23.1 Å². The first-order valence-corrected chi connectivity index (χ1v) is 12.4. The lowest BCUT2D eigenvalue weighted by Gasteiger charge is -2.29. The number of hydrogen-bond acceptors (Lipinski definition) is 5. The largest absolute Gasteiger partial charge is 0.494 e. The number of pyridine rings is 1. The molecule has 1 aliphatic heterocycles. The minimum absolute atomic E-state index is 0.0511. The summed E-state index contributed by atoms with van der Waals surface area (Å²) in [7, 11) is 0. The highest BCUT2D eigenvalue weighted by molar-refractivity contribution is 5.63. The van der Waals surface area contributed by atoms with Crippen LogP contribution in [-0.2, 0) is 19.4 Å². The van der Waals surface area contributed by atoms with Crippen LogP contribution < -0.4 is 5.56 Å². The molecule has 2 aromatic carbocycles. The normalized spacial score (nSPS) is 14.2. The van der Waals surface area contributed by atoms with Gasteiger partial charge in [0.25, 0.3) is 5.56 Å². The van der Waals surface area contributed by atoms with Crippen LogP contribution >= 0.6 is 0 Å². The van der Waals surface area contributed by atoms with Gasteiger partial charge in [-0.05, 0) is 47.9 Å². The molecular formula is C29H22F3N5O2. The van der Waals surface area contributed by atoms with Gasteiger partial charge in [0.05, 0.1) is 11.6 Å². The second-order valence-corrected chi connectivity index (χ2v) is 9.44. The molecule has 0 saturated heterocycles. The van der Waals surface area contributed by atoms with Crippen molar-refractivity contribution in [2.45, 2.75) is 32.4 Å². The van der Waals surface area contributed by atoms with E-state index in [2.05, 4.69) is 15.1 Å². The molecule has 0 amide bonds. The van der Waals surface area contributed by atoms with Crippen LogP contribution in [0.3, 0.4) is 0 Å². The van der Waals surface area contributed by atoms with Gasteiger partial charge in [0, 0.05) is 49.0 Å². The molecule has 1 N–H and O–H groups in total. The molecule has 4 heterocycles. The predicted molar refractivity (Wildman–Crippen MR) is 138 cm³/mol. The first-order valence-electron chi connectivity index (χ1n) is 12.4. The van der Waals surface area contributed by atoms with Gasteiger partial charge in [-0.2, -0.15) is 14.5 Å². The molecule has 1 atom stereocenters. The van der Waals surface area contributed by atoms with Gasteiger partial charge in [0.2, 0.25) is 11.8 Å². The third-order valence-corrected chi connectivity index (χ3v) is 6.96. The fourth-order valence-electron chi connectivity index (χ4n) is 5.04. The minimum atomic E-state index is -0.744. The number of aryl methyl sites for hydroxylation is 1. The number of nitrogens with zero attached hydrogens (tertiary/aromatic N) is 5. The van der Waals surface area contributed by atoms with Crippen LogP contribution in [0.5, 0.6) is 5.88 Å². The molecule has 0 spiro atoms. The Bertz CT molecular complexity index is 1740. The first-order chi connectivity index (χ1) is 18.8. The maximum atomic E-state index is 14.2. The number of fused-ring (bicyclic) bond motifs is 3. The Kier molecular flexibility index (Phi) is 6.02. The molecule has 0 saturated carbocycles. The summed E-state index contributed by atoms with van der Waals surface area (Å²) in [6.45, 7) is 2.49. The summed E-state index contributed by atoms with van der Waals surface area (Å²) in [5.41, 5.74) is 3.20. The molecule has 6 rings (SSSR count). The molecule has 1 aliphatic rings. The van der Waals surface area contributed by atoms with E-state index in [1.807, 2.05) is 25.3 Å². The molecule has 0 unspecified atom stereocenters. The van der Waals surface area contributed by atoms with Crippen LogP contribution in [0.15, 0.2) is 71.8 Å². The SMILES string of the molecule is CCn1cc2c(n1)-c1nc(=O)c(Cc3ccc(-c4ccc(F)nc4)cc3)c(O)n1[C@H](c1cc(F)cc(F)c1)C2. The monoisotopic (exact) mass is 529 g/mol. The number of rotatable bonds is 5. The van der Waals surface area contributed by atoms with Crippen molar-refractivity contribution in [2.75, 3.05) is 0 Å². The highest BCUT2D eigenvalue weighted by Gasteiger charge is 2.33. The van der Waals surface area contributed by atoms with Gasteiger partial charge in [-0.3, -0.25) is 14.0 Å².